The number of carbonyl (C=O) groups excluding carboxylic acids is 1. The first-order valence-electron chi connectivity index (χ1n) is 7.13. The third kappa shape index (κ3) is 2.74. The van der Waals surface area contributed by atoms with Crippen LogP contribution in [0.4, 0.5) is 0 Å². The lowest BCUT2D eigenvalue weighted by Gasteiger charge is -2.10. The number of nitrogens with zero attached hydrogens (tertiary/aromatic N) is 3. The Morgan fingerprint density at radius 3 is 2.83 bits per heavy atom. The van der Waals surface area contributed by atoms with Crippen molar-refractivity contribution < 1.29 is 9.90 Å². The molecule has 1 aromatic carbocycles. The van der Waals surface area contributed by atoms with E-state index in [9.17, 15) is 14.7 Å². The molecule has 0 fully saturated rings. The quantitative estimate of drug-likeness (QED) is 0.563. The molecule has 3 rings (SSSR count). The number of hydrogen-bond donors (Lipinski definition) is 2. The van der Waals surface area contributed by atoms with Crippen LogP contribution in [0.1, 0.15) is 15.9 Å². The molecule has 2 heterocycles. The Hall–Kier alpha value is -3.48. The van der Waals surface area contributed by atoms with Crippen molar-refractivity contribution in [1.82, 2.24) is 15.0 Å². The number of pyridine rings is 2. The molecule has 0 radical (unpaired) electrons. The number of para-hydroxylation sites is 1. The van der Waals surface area contributed by atoms with Gasteiger partial charge in [0.15, 0.2) is 0 Å². The summed E-state index contributed by atoms with van der Waals surface area (Å²) < 4.78 is 1.31. The van der Waals surface area contributed by atoms with Gasteiger partial charge < -0.3 is 9.67 Å². The van der Waals surface area contributed by atoms with Gasteiger partial charge in [0.2, 0.25) is 0 Å². The first-order valence-corrected chi connectivity index (χ1v) is 7.13. The zero-order chi connectivity index (χ0) is 17.1. The maximum Gasteiger partial charge on any atom is 0.280 e. The van der Waals surface area contributed by atoms with E-state index in [1.54, 1.807) is 55.8 Å². The number of benzene rings is 1. The van der Waals surface area contributed by atoms with Crippen LogP contribution in [-0.2, 0) is 7.05 Å². The number of aryl methyl sites for hydroxylation is 1. The molecule has 2 aromatic heterocycles. The van der Waals surface area contributed by atoms with E-state index in [2.05, 4.69) is 15.5 Å². The zero-order valence-electron chi connectivity index (χ0n) is 12.8. The molecule has 3 aromatic rings. The maximum absolute atomic E-state index is 12.4. The summed E-state index contributed by atoms with van der Waals surface area (Å²) in [6, 6.07) is 10.3. The molecule has 0 atom stereocenters. The Balaban J connectivity index is 1.96. The molecule has 0 aliphatic heterocycles. The van der Waals surface area contributed by atoms with Crippen LogP contribution in [-0.4, -0.2) is 26.8 Å². The van der Waals surface area contributed by atoms with E-state index in [4.69, 9.17) is 0 Å². The number of rotatable bonds is 3. The van der Waals surface area contributed by atoms with Crippen LogP contribution in [0.25, 0.3) is 10.9 Å². The van der Waals surface area contributed by atoms with Gasteiger partial charge >= 0.3 is 0 Å². The highest BCUT2D eigenvalue weighted by Gasteiger charge is 2.20. The standard InChI is InChI=1S/C17H14N4O3/c1-21-13-7-3-2-6-12(13)15(22)14(17(21)24)16(23)20-19-10-11-5-4-8-18-9-11/h2-10,22H,1H3,(H,20,23)/b19-10+. The van der Waals surface area contributed by atoms with Crippen LogP contribution >= 0.6 is 0 Å². The molecule has 0 unspecified atom stereocenters. The highest BCUT2D eigenvalue weighted by atomic mass is 16.3. The van der Waals surface area contributed by atoms with Crippen LogP contribution in [0.5, 0.6) is 5.75 Å². The van der Waals surface area contributed by atoms with Gasteiger partial charge in [0.05, 0.1) is 11.7 Å². The van der Waals surface area contributed by atoms with Crippen LogP contribution in [0.15, 0.2) is 58.7 Å². The molecular weight excluding hydrogens is 308 g/mol. The van der Waals surface area contributed by atoms with Gasteiger partial charge in [-0.05, 0) is 18.2 Å². The minimum absolute atomic E-state index is 0.348. The molecule has 2 N–H and O–H groups in total. The van der Waals surface area contributed by atoms with Crippen molar-refractivity contribution >= 4 is 23.0 Å². The van der Waals surface area contributed by atoms with Crippen molar-refractivity contribution in [2.75, 3.05) is 0 Å². The molecule has 0 aliphatic rings. The van der Waals surface area contributed by atoms with E-state index in [0.29, 0.717) is 16.5 Å². The molecule has 120 valence electrons. The first-order chi connectivity index (χ1) is 11.6. The summed E-state index contributed by atoms with van der Waals surface area (Å²) in [5.41, 5.74) is 2.53. The van der Waals surface area contributed by atoms with Crippen LogP contribution < -0.4 is 11.0 Å². The van der Waals surface area contributed by atoms with Gasteiger partial charge in [0.1, 0.15) is 11.3 Å². The van der Waals surface area contributed by atoms with Gasteiger partial charge in [-0.15, -0.1) is 0 Å². The summed E-state index contributed by atoms with van der Waals surface area (Å²) in [6.07, 6.45) is 4.59. The van der Waals surface area contributed by atoms with Crippen LogP contribution in [0.2, 0.25) is 0 Å². The Morgan fingerprint density at radius 2 is 2.08 bits per heavy atom. The van der Waals surface area contributed by atoms with Gasteiger partial charge in [0, 0.05) is 30.4 Å². The summed E-state index contributed by atoms with van der Waals surface area (Å²) in [4.78, 5) is 28.5. The van der Waals surface area contributed by atoms with E-state index in [1.165, 1.54) is 10.8 Å². The SMILES string of the molecule is Cn1c(=O)c(C(=O)N/N=C/c2cccnc2)c(O)c2ccccc21. The van der Waals surface area contributed by atoms with E-state index in [1.807, 2.05) is 0 Å². The topological polar surface area (TPSA) is 96.6 Å². The van der Waals surface area contributed by atoms with E-state index >= 15 is 0 Å². The van der Waals surface area contributed by atoms with Crippen LogP contribution in [0, 0.1) is 0 Å². The van der Waals surface area contributed by atoms with Crippen molar-refractivity contribution in [3.63, 3.8) is 0 Å². The number of hydrazone groups is 1. The number of fused-ring (bicyclic) bond motifs is 1. The van der Waals surface area contributed by atoms with Crippen molar-refractivity contribution in [3.05, 3.63) is 70.3 Å². The van der Waals surface area contributed by atoms with Gasteiger partial charge in [-0.2, -0.15) is 5.10 Å². The smallest absolute Gasteiger partial charge is 0.280 e. The van der Waals surface area contributed by atoms with Crippen molar-refractivity contribution in [1.29, 1.82) is 0 Å². The Labute approximate surface area is 136 Å². The third-order valence-corrected chi connectivity index (χ3v) is 3.57. The normalized spacial score (nSPS) is 11.0. The zero-order valence-corrected chi connectivity index (χ0v) is 12.8. The summed E-state index contributed by atoms with van der Waals surface area (Å²) >= 11 is 0. The summed E-state index contributed by atoms with van der Waals surface area (Å²) in [5, 5.41) is 14.5. The number of carbonyl (C=O) groups is 1. The summed E-state index contributed by atoms with van der Waals surface area (Å²) in [5.74, 6) is -1.14. The second-order valence-electron chi connectivity index (χ2n) is 5.09. The minimum Gasteiger partial charge on any atom is -0.506 e. The lowest BCUT2D eigenvalue weighted by Crippen LogP contribution is -2.30. The number of aromatic nitrogens is 2. The van der Waals surface area contributed by atoms with E-state index < -0.39 is 11.5 Å². The minimum atomic E-state index is -0.779. The molecule has 24 heavy (non-hydrogen) atoms. The predicted octanol–water partition coefficient (Wildman–Crippen LogP) is 1.40. The lowest BCUT2D eigenvalue weighted by molar-refractivity contribution is 0.0950. The second-order valence-corrected chi connectivity index (χ2v) is 5.09. The largest absolute Gasteiger partial charge is 0.506 e. The first kappa shape index (κ1) is 15.4. The maximum atomic E-state index is 12.4. The molecule has 0 bridgehead atoms. The van der Waals surface area contributed by atoms with E-state index in [-0.39, 0.29) is 11.3 Å². The van der Waals surface area contributed by atoms with Gasteiger partial charge in [-0.1, -0.05) is 18.2 Å². The van der Waals surface area contributed by atoms with Gasteiger partial charge in [-0.25, -0.2) is 5.43 Å². The second kappa shape index (κ2) is 6.33. The number of nitrogens with one attached hydrogen (secondary N) is 1. The fourth-order valence-electron chi connectivity index (χ4n) is 2.36. The summed E-state index contributed by atoms with van der Waals surface area (Å²) in [7, 11) is 1.54. The van der Waals surface area contributed by atoms with E-state index in [0.717, 1.165) is 0 Å². The molecule has 0 saturated heterocycles. The molecule has 7 heteroatoms. The number of hydrogen-bond acceptors (Lipinski definition) is 5. The van der Waals surface area contributed by atoms with Gasteiger partial charge in [-0.3, -0.25) is 14.6 Å². The Morgan fingerprint density at radius 1 is 1.29 bits per heavy atom. The fourth-order valence-corrected chi connectivity index (χ4v) is 2.36. The molecule has 0 aliphatic carbocycles. The molecular formula is C17H14N4O3. The molecule has 7 nitrogen and oxygen atoms in total. The van der Waals surface area contributed by atoms with Gasteiger partial charge in [0.25, 0.3) is 11.5 Å². The van der Waals surface area contributed by atoms with Crippen molar-refractivity contribution in [2.45, 2.75) is 0 Å². The molecule has 0 saturated carbocycles. The Bertz CT molecular complexity index is 994. The highest BCUT2D eigenvalue weighted by Crippen LogP contribution is 2.25. The number of aromatic hydroxyl groups is 1. The monoisotopic (exact) mass is 322 g/mol. The molecule has 0 spiro atoms. The predicted molar refractivity (Wildman–Crippen MR) is 90.2 cm³/mol. The Kier molecular flexibility index (Phi) is 4.07. The average molecular weight is 322 g/mol. The molecule has 1 amide bonds. The third-order valence-electron chi connectivity index (χ3n) is 3.57. The highest BCUT2D eigenvalue weighted by molar-refractivity contribution is 6.02. The average Bonchev–Trinajstić information content (AvgIpc) is 2.61. The summed E-state index contributed by atoms with van der Waals surface area (Å²) in [6.45, 7) is 0. The van der Waals surface area contributed by atoms with Crippen molar-refractivity contribution in [2.24, 2.45) is 12.1 Å². The van der Waals surface area contributed by atoms with Crippen LogP contribution in [0.3, 0.4) is 0 Å². The number of amides is 1. The lowest BCUT2D eigenvalue weighted by atomic mass is 10.1. The van der Waals surface area contributed by atoms with Crippen molar-refractivity contribution in [3.8, 4) is 5.75 Å². The fraction of sp³-hybridized carbons (Fsp3) is 0.0588.